The van der Waals surface area contributed by atoms with Crippen molar-refractivity contribution in [3.8, 4) is 0 Å². The minimum atomic E-state index is -0.516. The van der Waals surface area contributed by atoms with Crippen LogP contribution in [0.15, 0.2) is 10.9 Å². The standard InChI is InChI=1S/C18H23ClN4O3/c1-10-20-14(19)13-9-12(16(24)22-15(13)21-10)11-5-7-23(8-6-11)17(25)26-18(2,3)4/h9,11H,5-8H2,1-4H3,(H,20,21,22,24). The van der Waals surface area contributed by atoms with Crippen molar-refractivity contribution in [2.24, 2.45) is 0 Å². The summed E-state index contributed by atoms with van der Waals surface area (Å²) in [4.78, 5) is 37.5. The maximum Gasteiger partial charge on any atom is 0.410 e. The van der Waals surface area contributed by atoms with Crippen LogP contribution in [-0.2, 0) is 4.74 Å². The molecule has 2 aromatic heterocycles. The number of amides is 1. The van der Waals surface area contributed by atoms with Gasteiger partial charge in [-0.25, -0.2) is 14.8 Å². The highest BCUT2D eigenvalue weighted by molar-refractivity contribution is 6.33. The van der Waals surface area contributed by atoms with Crippen molar-refractivity contribution in [2.75, 3.05) is 13.1 Å². The number of ether oxygens (including phenoxy) is 1. The SMILES string of the molecule is Cc1nc(Cl)c2cc(C3CCN(C(=O)OC(C)(C)C)CC3)c(=O)[nH]c2n1. The van der Waals surface area contributed by atoms with Crippen molar-refractivity contribution in [1.82, 2.24) is 19.9 Å². The van der Waals surface area contributed by atoms with Gasteiger partial charge in [0, 0.05) is 18.7 Å². The molecule has 8 heteroatoms. The lowest BCUT2D eigenvalue weighted by Crippen LogP contribution is -2.41. The Morgan fingerprint density at radius 2 is 1.96 bits per heavy atom. The summed E-state index contributed by atoms with van der Waals surface area (Å²) in [6, 6.07) is 1.78. The number of piperidine rings is 1. The van der Waals surface area contributed by atoms with Gasteiger partial charge in [0.25, 0.3) is 5.56 Å². The average Bonchev–Trinajstić information content (AvgIpc) is 2.52. The van der Waals surface area contributed by atoms with E-state index >= 15 is 0 Å². The first-order valence-electron chi connectivity index (χ1n) is 8.69. The van der Waals surface area contributed by atoms with Crippen molar-refractivity contribution in [3.05, 3.63) is 33.0 Å². The lowest BCUT2D eigenvalue weighted by Gasteiger charge is -2.33. The molecular formula is C18H23ClN4O3. The molecule has 3 rings (SSSR count). The summed E-state index contributed by atoms with van der Waals surface area (Å²) in [5.74, 6) is 0.566. The van der Waals surface area contributed by atoms with Gasteiger partial charge in [0.1, 0.15) is 22.2 Å². The van der Waals surface area contributed by atoms with Crippen LogP contribution in [-0.4, -0.2) is 44.6 Å². The van der Waals surface area contributed by atoms with Gasteiger partial charge >= 0.3 is 6.09 Å². The fourth-order valence-electron chi connectivity index (χ4n) is 3.17. The highest BCUT2D eigenvalue weighted by Gasteiger charge is 2.28. The van der Waals surface area contributed by atoms with Gasteiger partial charge in [0.05, 0.1) is 5.39 Å². The van der Waals surface area contributed by atoms with Crippen molar-refractivity contribution >= 4 is 28.7 Å². The second-order valence-electron chi connectivity index (χ2n) is 7.62. The largest absolute Gasteiger partial charge is 0.444 e. The predicted octanol–water partition coefficient (Wildman–Crippen LogP) is 3.39. The number of aryl methyl sites for hydroxylation is 1. The molecule has 1 aliphatic heterocycles. The predicted molar refractivity (Wildman–Crippen MR) is 99.7 cm³/mol. The Morgan fingerprint density at radius 3 is 2.58 bits per heavy atom. The molecule has 0 saturated carbocycles. The van der Waals surface area contributed by atoms with Crippen LogP contribution in [0, 0.1) is 6.92 Å². The number of hydrogen-bond donors (Lipinski definition) is 1. The molecule has 1 amide bonds. The van der Waals surface area contributed by atoms with Crippen molar-refractivity contribution in [1.29, 1.82) is 0 Å². The molecule has 0 spiro atoms. The molecule has 0 aromatic carbocycles. The summed E-state index contributed by atoms with van der Waals surface area (Å²) >= 11 is 6.21. The van der Waals surface area contributed by atoms with E-state index in [1.807, 2.05) is 20.8 Å². The maximum atomic E-state index is 12.5. The smallest absolute Gasteiger partial charge is 0.410 e. The highest BCUT2D eigenvalue weighted by atomic mass is 35.5. The topological polar surface area (TPSA) is 88.2 Å². The summed E-state index contributed by atoms with van der Waals surface area (Å²) < 4.78 is 5.41. The number of rotatable bonds is 1. The van der Waals surface area contributed by atoms with Crippen LogP contribution < -0.4 is 5.56 Å². The number of pyridine rings is 1. The highest BCUT2D eigenvalue weighted by Crippen LogP contribution is 2.29. The van der Waals surface area contributed by atoms with E-state index in [2.05, 4.69) is 15.0 Å². The minimum Gasteiger partial charge on any atom is -0.444 e. The molecule has 2 aromatic rings. The normalized spacial score (nSPS) is 16.1. The molecule has 1 aliphatic rings. The summed E-state index contributed by atoms with van der Waals surface area (Å²) in [6.07, 6.45) is 1.08. The number of H-pyrrole nitrogens is 1. The van der Waals surface area contributed by atoms with Gasteiger partial charge in [0.2, 0.25) is 0 Å². The van der Waals surface area contributed by atoms with E-state index in [9.17, 15) is 9.59 Å². The summed E-state index contributed by atoms with van der Waals surface area (Å²) in [7, 11) is 0. The number of halogens is 1. The fraction of sp³-hybridized carbons (Fsp3) is 0.556. The zero-order chi connectivity index (χ0) is 19.1. The Labute approximate surface area is 156 Å². The Hall–Kier alpha value is -2.15. The average molecular weight is 379 g/mol. The number of fused-ring (bicyclic) bond motifs is 1. The van der Waals surface area contributed by atoms with E-state index in [1.165, 1.54) is 0 Å². The Kier molecular flexibility index (Phi) is 4.92. The third kappa shape index (κ3) is 3.98. The van der Waals surface area contributed by atoms with Crippen molar-refractivity contribution < 1.29 is 9.53 Å². The Balaban J connectivity index is 1.78. The molecule has 3 heterocycles. The van der Waals surface area contributed by atoms with Crippen LogP contribution >= 0.6 is 11.6 Å². The maximum absolute atomic E-state index is 12.5. The van der Waals surface area contributed by atoms with Crippen LogP contribution in [0.1, 0.15) is 50.9 Å². The van der Waals surface area contributed by atoms with E-state index in [0.29, 0.717) is 53.5 Å². The van der Waals surface area contributed by atoms with Gasteiger partial charge in [-0.1, -0.05) is 11.6 Å². The van der Waals surface area contributed by atoms with E-state index in [4.69, 9.17) is 16.3 Å². The van der Waals surface area contributed by atoms with E-state index in [-0.39, 0.29) is 17.6 Å². The van der Waals surface area contributed by atoms with Gasteiger partial charge in [-0.05, 0) is 52.5 Å². The Morgan fingerprint density at radius 1 is 1.31 bits per heavy atom. The monoisotopic (exact) mass is 378 g/mol. The molecule has 26 heavy (non-hydrogen) atoms. The fourth-order valence-corrected chi connectivity index (χ4v) is 3.44. The van der Waals surface area contributed by atoms with Crippen LogP contribution in [0.25, 0.3) is 11.0 Å². The summed E-state index contributed by atoms with van der Waals surface area (Å²) in [5, 5.41) is 0.970. The second-order valence-corrected chi connectivity index (χ2v) is 7.98. The molecule has 0 aliphatic carbocycles. The van der Waals surface area contributed by atoms with Crippen molar-refractivity contribution in [2.45, 2.75) is 52.1 Å². The first-order valence-corrected chi connectivity index (χ1v) is 9.07. The van der Waals surface area contributed by atoms with E-state index < -0.39 is 5.60 Å². The minimum absolute atomic E-state index is 0.0548. The number of nitrogens with zero attached hydrogens (tertiary/aromatic N) is 3. The van der Waals surface area contributed by atoms with Crippen LogP contribution in [0.2, 0.25) is 5.15 Å². The molecule has 0 radical (unpaired) electrons. The third-order valence-electron chi connectivity index (χ3n) is 4.39. The molecule has 1 N–H and O–H groups in total. The zero-order valence-electron chi connectivity index (χ0n) is 15.4. The van der Waals surface area contributed by atoms with Gasteiger partial charge in [-0.15, -0.1) is 0 Å². The number of hydrogen-bond acceptors (Lipinski definition) is 5. The van der Waals surface area contributed by atoms with Gasteiger partial charge < -0.3 is 14.6 Å². The number of aromatic nitrogens is 3. The molecule has 140 valence electrons. The summed E-state index contributed by atoms with van der Waals surface area (Å²) in [6.45, 7) is 8.37. The second kappa shape index (κ2) is 6.87. The Bertz CT molecular complexity index is 896. The molecular weight excluding hydrogens is 356 g/mol. The molecule has 7 nitrogen and oxygen atoms in total. The van der Waals surface area contributed by atoms with E-state index in [0.717, 1.165) is 0 Å². The quantitative estimate of drug-likeness (QED) is 0.768. The first-order chi connectivity index (χ1) is 12.1. The number of likely N-dealkylation sites (tertiary alicyclic amines) is 1. The summed E-state index contributed by atoms with van der Waals surface area (Å²) in [5.41, 5.74) is 0.429. The zero-order valence-corrected chi connectivity index (χ0v) is 16.2. The van der Waals surface area contributed by atoms with Crippen LogP contribution in [0.5, 0.6) is 0 Å². The van der Waals surface area contributed by atoms with Crippen LogP contribution in [0.4, 0.5) is 4.79 Å². The number of carbonyl (C=O) groups is 1. The van der Waals surface area contributed by atoms with E-state index in [1.54, 1.807) is 17.9 Å². The lowest BCUT2D eigenvalue weighted by molar-refractivity contribution is 0.0204. The first kappa shape index (κ1) is 18.6. The van der Waals surface area contributed by atoms with Gasteiger partial charge in [-0.2, -0.15) is 0 Å². The molecule has 0 unspecified atom stereocenters. The molecule has 1 saturated heterocycles. The van der Waals surface area contributed by atoms with Crippen molar-refractivity contribution in [3.63, 3.8) is 0 Å². The lowest BCUT2D eigenvalue weighted by atomic mass is 9.90. The molecule has 0 atom stereocenters. The van der Waals surface area contributed by atoms with Gasteiger partial charge in [-0.3, -0.25) is 4.79 Å². The third-order valence-corrected chi connectivity index (χ3v) is 4.68. The molecule has 1 fully saturated rings. The van der Waals surface area contributed by atoms with Crippen LogP contribution in [0.3, 0.4) is 0 Å². The molecule has 0 bridgehead atoms. The number of aromatic amines is 1. The number of nitrogens with one attached hydrogen (secondary N) is 1. The number of carbonyl (C=O) groups excluding carboxylic acids is 1. The van der Waals surface area contributed by atoms with Gasteiger partial charge in [0.15, 0.2) is 0 Å².